The summed E-state index contributed by atoms with van der Waals surface area (Å²) in [6, 6.07) is 8.00. The molecule has 0 unspecified atom stereocenters. The SMILES string of the molecule is C=CC(=O)N1CCN(C(=O)Cc2cccc(C)c2)CC1. The highest BCUT2D eigenvalue weighted by Gasteiger charge is 2.22. The molecule has 1 saturated heterocycles. The number of nitrogens with zero attached hydrogens (tertiary/aromatic N) is 2. The fraction of sp³-hybridized carbons (Fsp3) is 0.375. The maximum absolute atomic E-state index is 12.2. The van der Waals surface area contributed by atoms with E-state index in [-0.39, 0.29) is 11.8 Å². The van der Waals surface area contributed by atoms with Crippen LogP contribution in [0.25, 0.3) is 0 Å². The zero-order chi connectivity index (χ0) is 14.5. The van der Waals surface area contributed by atoms with Crippen LogP contribution < -0.4 is 0 Å². The van der Waals surface area contributed by atoms with E-state index >= 15 is 0 Å². The van der Waals surface area contributed by atoms with E-state index in [1.54, 1.807) is 4.90 Å². The summed E-state index contributed by atoms with van der Waals surface area (Å²) in [6.07, 6.45) is 1.75. The minimum absolute atomic E-state index is 0.0595. The second kappa shape index (κ2) is 6.37. The molecule has 106 valence electrons. The fourth-order valence-electron chi connectivity index (χ4n) is 2.41. The molecule has 4 nitrogen and oxygen atoms in total. The summed E-state index contributed by atoms with van der Waals surface area (Å²) in [6.45, 7) is 7.88. The Hall–Kier alpha value is -2.10. The van der Waals surface area contributed by atoms with E-state index in [9.17, 15) is 9.59 Å². The molecule has 0 bridgehead atoms. The molecule has 0 spiro atoms. The maximum atomic E-state index is 12.2. The predicted molar refractivity (Wildman–Crippen MR) is 78.2 cm³/mol. The molecule has 0 saturated carbocycles. The topological polar surface area (TPSA) is 40.6 Å². The lowest BCUT2D eigenvalue weighted by Crippen LogP contribution is -2.50. The first-order valence-electron chi connectivity index (χ1n) is 6.85. The summed E-state index contributed by atoms with van der Waals surface area (Å²) in [5, 5.41) is 0. The van der Waals surface area contributed by atoms with Gasteiger partial charge in [-0.1, -0.05) is 36.4 Å². The third-order valence-electron chi connectivity index (χ3n) is 3.56. The zero-order valence-electron chi connectivity index (χ0n) is 11.8. The molecule has 1 aromatic carbocycles. The molecule has 1 aromatic rings. The number of rotatable bonds is 3. The lowest BCUT2D eigenvalue weighted by molar-refractivity contribution is -0.136. The quantitative estimate of drug-likeness (QED) is 0.780. The standard InChI is InChI=1S/C16H20N2O2/c1-3-15(19)17-7-9-18(10-8-17)16(20)12-14-6-4-5-13(2)11-14/h3-6,11H,1,7-10,12H2,2H3. The maximum Gasteiger partial charge on any atom is 0.246 e. The summed E-state index contributed by atoms with van der Waals surface area (Å²) in [7, 11) is 0. The van der Waals surface area contributed by atoms with Crippen LogP contribution in [0.4, 0.5) is 0 Å². The van der Waals surface area contributed by atoms with Crippen LogP contribution in [0.15, 0.2) is 36.9 Å². The monoisotopic (exact) mass is 272 g/mol. The van der Waals surface area contributed by atoms with Crippen molar-refractivity contribution >= 4 is 11.8 Å². The molecule has 2 rings (SSSR count). The Labute approximate surface area is 119 Å². The number of amides is 2. The van der Waals surface area contributed by atoms with Gasteiger partial charge in [0.15, 0.2) is 0 Å². The van der Waals surface area contributed by atoms with E-state index in [1.807, 2.05) is 36.1 Å². The lowest BCUT2D eigenvalue weighted by atomic mass is 10.1. The average Bonchev–Trinajstić information content (AvgIpc) is 2.46. The smallest absolute Gasteiger partial charge is 0.246 e. The van der Waals surface area contributed by atoms with E-state index in [0.717, 1.165) is 11.1 Å². The molecule has 1 fully saturated rings. The van der Waals surface area contributed by atoms with Crippen LogP contribution in [-0.2, 0) is 16.0 Å². The predicted octanol–water partition coefficient (Wildman–Crippen LogP) is 1.39. The molecular weight excluding hydrogens is 252 g/mol. The highest BCUT2D eigenvalue weighted by molar-refractivity contribution is 5.87. The molecule has 0 aromatic heterocycles. The summed E-state index contributed by atoms with van der Waals surface area (Å²) in [4.78, 5) is 27.3. The van der Waals surface area contributed by atoms with Crippen molar-refractivity contribution < 1.29 is 9.59 Å². The van der Waals surface area contributed by atoms with Crippen molar-refractivity contribution in [2.75, 3.05) is 26.2 Å². The van der Waals surface area contributed by atoms with E-state index < -0.39 is 0 Å². The van der Waals surface area contributed by atoms with Crippen molar-refractivity contribution in [1.82, 2.24) is 9.80 Å². The Morgan fingerprint density at radius 2 is 1.85 bits per heavy atom. The largest absolute Gasteiger partial charge is 0.339 e. The van der Waals surface area contributed by atoms with Gasteiger partial charge in [0.05, 0.1) is 6.42 Å². The van der Waals surface area contributed by atoms with Gasteiger partial charge < -0.3 is 9.80 Å². The molecule has 4 heteroatoms. The molecule has 1 heterocycles. The van der Waals surface area contributed by atoms with Gasteiger partial charge in [-0.2, -0.15) is 0 Å². The van der Waals surface area contributed by atoms with Gasteiger partial charge in [0, 0.05) is 26.2 Å². The summed E-state index contributed by atoms with van der Waals surface area (Å²) >= 11 is 0. The number of benzene rings is 1. The summed E-state index contributed by atoms with van der Waals surface area (Å²) in [5.41, 5.74) is 2.20. The van der Waals surface area contributed by atoms with Crippen LogP contribution in [0.1, 0.15) is 11.1 Å². The Bertz CT molecular complexity index is 517. The number of carbonyl (C=O) groups is 2. The molecule has 0 atom stereocenters. The Kier molecular flexibility index (Phi) is 4.56. The van der Waals surface area contributed by atoms with Gasteiger partial charge in [0.25, 0.3) is 0 Å². The Balaban J connectivity index is 1.89. The van der Waals surface area contributed by atoms with Crippen molar-refractivity contribution in [2.24, 2.45) is 0 Å². The third-order valence-corrected chi connectivity index (χ3v) is 3.56. The molecule has 1 aliphatic heterocycles. The molecule has 0 aliphatic carbocycles. The van der Waals surface area contributed by atoms with Gasteiger partial charge in [-0.25, -0.2) is 0 Å². The van der Waals surface area contributed by atoms with Crippen LogP contribution in [0.5, 0.6) is 0 Å². The molecule has 20 heavy (non-hydrogen) atoms. The normalized spacial score (nSPS) is 15.1. The molecular formula is C16H20N2O2. The number of hydrogen-bond donors (Lipinski definition) is 0. The Morgan fingerprint density at radius 1 is 1.20 bits per heavy atom. The van der Waals surface area contributed by atoms with Gasteiger partial charge in [-0.15, -0.1) is 0 Å². The highest BCUT2D eigenvalue weighted by Crippen LogP contribution is 2.09. The van der Waals surface area contributed by atoms with Crippen LogP contribution >= 0.6 is 0 Å². The van der Waals surface area contributed by atoms with Crippen LogP contribution in [0.3, 0.4) is 0 Å². The van der Waals surface area contributed by atoms with Crippen LogP contribution in [0.2, 0.25) is 0 Å². The first-order valence-corrected chi connectivity index (χ1v) is 6.85. The van der Waals surface area contributed by atoms with Crippen molar-refractivity contribution in [3.63, 3.8) is 0 Å². The van der Waals surface area contributed by atoms with Gasteiger partial charge in [0.2, 0.25) is 11.8 Å². The summed E-state index contributed by atoms with van der Waals surface area (Å²) in [5.74, 6) is 0.0667. The molecule has 2 amide bonds. The van der Waals surface area contributed by atoms with E-state index in [1.165, 1.54) is 6.08 Å². The third kappa shape index (κ3) is 3.47. The van der Waals surface area contributed by atoms with E-state index in [0.29, 0.717) is 32.6 Å². The first kappa shape index (κ1) is 14.3. The lowest BCUT2D eigenvalue weighted by Gasteiger charge is -2.34. The highest BCUT2D eigenvalue weighted by atomic mass is 16.2. The Morgan fingerprint density at radius 3 is 2.45 bits per heavy atom. The molecule has 1 aliphatic rings. The fourth-order valence-corrected chi connectivity index (χ4v) is 2.41. The van der Waals surface area contributed by atoms with Gasteiger partial charge in [-0.05, 0) is 18.6 Å². The van der Waals surface area contributed by atoms with Gasteiger partial charge >= 0.3 is 0 Å². The summed E-state index contributed by atoms with van der Waals surface area (Å²) < 4.78 is 0. The number of hydrogen-bond acceptors (Lipinski definition) is 2. The second-order valence-corrected chi connectivity index (χ2v) is 5.08. The second-order valence-electron chi connectivity index (χ2n) is 5.08. The van der Waals surface area contributed by atoms with Gasteiger partial charge in [-0.3, -0.25) is 9.59 Å². The van der Waals surface area contributed by atoms with Crippen LogP contribution in [0, 0.1) is 6.92 Å². The van der Waals surface area contributed by atoms with Crippen LogP contribution in [-0.4, -0.2) is 47.8 Å². The van der Waals surface area contributed by atoms with E-state index in [4.69, 9.17) is 0 Å². The number of aryl methyl sites for hydroxylation is 1. The van der Waals surface area contributed by atoms with E-state index in [2.05, 4.69) is 6.58 Å². The first-order chi connectivity index (χ1) is 9.60. The average molecular weight is 272 g/mol. The van der Waals surface area contributed by atoms with Crippen molar-refractivity contribution in [3.8, 4) is 0 Å². The zero-order valence-corrected chi connectivity index (χ0v) is 11.8. The minimum atomic E-state index is -0.0595. The van der Waals surface area contributed by atoms with Gasteiger partial charge in [0.1, 0.15) is 0 Å². The molecule has 0 N–H and O–H groups in total. The number of piperazine rings is 1. The van der Waals surface area contributed by atoms with Crippen molar-refractivity contribution in [1.29, 1.82) is 0 Å². The van der Waals surface area contributed by atoms with Crippen molar-refractivity contribution in [3.05, 3.63) is 48.0 Å². The van der Waals surface area contributed by atoms with Crippen molar-refractivity contribution in [2.45, 2.75) is 13.3 Å². The minimum Gasteiger partial charge on any atom is -0.339 e. The number of carbonyl (C=O) groups excluding carboxylic acids is 2. The molecule has 0 radical (unpaired) electrons.